The number of rotatable bonds is 7. The number of nitro benzene ring substituents is 1. The van der Waals surface area contributed by atoms with Gasteiger partial charge in [-0.05, 0) is 48.7 Å². The first-order valence-corrected chi connectivity index (χ1v) is 12.6. The van der Waals surface area contributed by atoms with Gasteiger partial charge in [-0.25, -0.2) is 4.39 Å². The molecule has 5 rings (SSSR count). The number of carbonyl (C=O) groups excluding carboxylic acids is 2. The molecule has 4 aromatic rings. The number of benzene rings is 3. The summed E-state index contributed by atoms with van der Waals surface area (Å²) < 4.78 is 24.8. The molecule has 3 aromatic carbocycles. The zero-order chi connectivity index (χ0) is 28.2. The van der Waals surface area contributed by atoms with E-state index in [1.807, 2.05) is 0 Å². The molecule has 2 amide bonds. The van der Waals surface area contributed by atoms with Crippen molar-refractivity contribution < 1.29 is 28.2 Å². The Morgan fingerprint density at radius 1 is 1.02 bits per heavy atom. The Morgan fingerprint density at radius 2 is 1.70 bits per heavy atom. The number of anilines is 1. The number of methoxy groups -OCH3 is 1. The lowest BCUT2D eigenvalue weighted by molar-refractivity contribution is -0.384. The maximum absolute atomic E-state index is 14.3. The molecular formula is C29H25FN4O6. The van der Waals surface area contributed by atoms with Gasteiger partial charge in [0.15, 0.2) is 11.5 Å². The van der Waals surface area contributed by atoms with Gasteiger partial charge in [-0.3, -0.25) is 19.7 Å². The van der Waals surface area contributed by atoms with Gasteiger partial charge >= 0.3 is 0 Å². The Kier molecular flexibility index (Phi) is 7.54. The fourth-order valence-electron chi connectivity index (χ4n) is 4.60. The molecule has 0 radical (unpaired) electrons. The largest absolute Gasteiger partial charge is 0.497 e. The number of nitrogens with one attached hydrogen (secondary N) is 1. The molecule has 40 heavy (non-hydrogen) atoms. The SMILES string of the molecule is COc1ccc(NC(=O)C2CCN(C(=O)c3cc(-c4ccc(-c5cc([N+](=O)[O-])ccc5F)cc4)on3)CC2)cc1. The van der Waals surface area contributed by atoms with Gasteiger partial charge < -0.3 is 19.5 Å². The molecule has 1 aliphatic rings. The Bertz CT molecular complexity index is 1540. The lowest BCUT2D eigenvalue weighted by Gasteiger charge is -2.30. The normalized spacial score (nSPS) is 13.6. The molecule has 10 nitrogen and oxygen atoms in total. The minimum absolute atomic E-state index is 0.0885. The average Bonchev–Trinajstić information content (AvgIpc) is 3.48. The van der Waals surface area contributed by atoms with Crippen molar-refractivity contribution in [2.45, 2.75) is 12.8 Å². The number of likely N-dealkylation sites (tertiary alicyclic amines) is 1. The van der Waals surface area contributed by atoms with E-state index >= 15 is 0 Å². The van der Waals surface area contributed by atoms with Gasteiger partial charge in [0.25, 0.3) is 11.6 Å². The molecule has 204 valence electrons. The van der Waals surface area contributed by atoms with Crippen LogP contribution in [0.2, 0.25) is 0 Å². The third-order valence-electron chi connectivity index (χ3n) is 6.88. The van der Waals surface area contributed by atoms with Crippen LogP contribution in [0.4, 0.5) is 15.8 Å². The number of aromatic nitrogens is 1. The van der Waals surface area contributed by atoms with Crippen LogP contribution in [0.25, 0.3) is 22.5 Å². The van der Waals surface area contributed by atoms with E-state index in [0.717, 1.165) is 12.1 Å². The molecule has 0 atom stereocenters. The van der Waals surface area contributed by atoms with E-state index in [4.69, 9.17) is 9.26 Å². The highest BCUT2D eigenvalue weighted by molar-refractivity contribution is 5.94. The summed E-state index contributed by atoms with van der Waals surface area (Å²) in [5, 5.41) is 17.9. The molecule has 11 heteroatoms. The van der Waals surface area contributed by atoms with Crippen molar-refractivity contribution >= 4 is 23.2 Å². The number of amides is 2. The molecule has 2 heterocycles. The molecule has 1 fully saturated rings. The highest BCUT2D eigenvalue weighted by Gasteiger charge is 2.29. The number of ether oxygens (including phenoxy) is 1. The van der Waals surface area contributed by atoms with Crippen LogP contribution in [0.3, 0.4) is 0 Å². The van der Waals surface area contributed by atoms with Gasteiger partial charge in [0.05, 0.1) is 12.0 Å². The highest BCUT2D eigenvalue weighted by Crippen LogP contribution is 2.30. The third-order valence-corrected chi connectivity index (χ3v) is 6.88. The number of halogens is 1. The molecule has 1 aromatic heterocycles. The zero-order valence-electron chi connectivity index (χ0n) is 21.5. The van der Waals surface area contributed by atoms with E-state index in [9.17, 15) is 24.1 Å². The van der Waals surface area contributed by atoms with Crippen LogP contribution in [0.15, 0.2) is 77.3 Å². The third kappa shape index (κ3) is 5.68. The lowest BCUT2D eigenvalue weighted by Crippen LogP contribution is -2.41. The van der Waals surface area contributed by atoms with Crippen molar-refractivity contribution in [3.63, 3.8) is 0 Å². The standard InChI is InChI=1S/C29H25FN4O6/c1-39-23-9-6-21(7-10-23)31-28(35)20-12-14-33(15-13-20)29(36)26-17-27(40-32-26)19-4-2-18(3-5-19)24-16-22(34(37)38)8-11-25(24)30/h2-11,16-17,20H,12-15H2,1H3,(H,31,35). The monoisotopic (exact) mass is 544 g/mol. The van der Waals surface area contributed by atoms with Crippen LogP contribution in [0, 0.1) is 21.8 Å². The minimum Gasteiger partial charge on any atom is -0.497 e. The van der Waals surface area contributed by atoms with E-state index in [-0.39, 0.29) is 34.7 Å². The second-order valence-electron chi connectivity index (χ2n) is 9.36. The first-order valence-electron chi connectivity index (χ1n) is 12.6. The summed E-state index contributed by atoms with van der Waals surface area (Å²) in [6, 6.07) is 18.5. The molecule has 1 saturated heterocycles. The van der Waals surface area contributed by atoms with Gasteiger partial charge in [0.2, 0.25) is 5.91 Å². The lowest BCUT2D eigenvalue weighted by atomic mass is 9.95. The molecule has 1 N–H and O–H groups in total. The van der Waals surface area contributed by atoms with E-state index in [0.29, 0.717) is 54.3 Å². The molecule has 0 unspecified atom stereocenters. The summed E-state index contributed by atoms with van der Waals surface area (Å²) in [6.07, 6.45) is 1.04. The van der Waals surface area contributed by atoms with E-state index in [2.05, 4.69) is 10.5 Å². The summed E-state index contributed by atoms with van der Waals surface area (Å²) in [7, 11) is 1.58. The first-order chi connectivity index (χ1) is 19.3. The summed E-state index contributed by atoms with van der Waals surface area (Å²) >= 11 is 0. The van der Waals surface area contributed by atoms with Crippen molar-refractivity contribution in [1.82, 2.24) is 10.1 Å². The highest BCUT2D eigenvalue weighted by atomic mass is 19.1. The quantitative estimate of drug-likeness (QED) is 0.238. The number of nitrogens with zero attached hydrogens (tertiary/aromatic N) is 3. The Hall–Kier alpha value is -5.06. The second kappa shape index (κ2) is 11.4. The van der Waals surface area contributed by atoms with Crippen LogP contribution < -0.4 is 10.1 Å². The minimum atomic E-state index is -0.579. The van der Waals surface area contributed by atoms with Crippen molar-refractivity contribution in [3.8, 4) is 28.2 Å². The molecular weight excluding hydrogens is 519 g/mol. The van der Waals surface area contributed by atoms with Gasteiger partial charge in [-0.1, -0.05) is 29.4 Å². The van der Waals surface area contributed by atoms with Crippen LogP contribution in [-0.4, -0.2) is 47.0 Å². The van der Waals surface area contributed by atoms with Crippen LogP contribution in [0.1, 0.15) is 23.3 Å². The van der Waals surface area contributed by atoms with E-state index in [1.165, 1.54) is 12.1 Å². The fraction of sp³-hybridized carbons (Fsp3) is 0.207. The predicted molar refractivity (Wildman–Crippen MR) is 144 cm³/mol. The molecule has 0 aliphatic carbocycles. The van der Waals surface area contributed by atoms with Crippen LogP contribution in [0.5, 0.6) is 5.75 Å². The van der Waals surface area contributed by atoms with Crippen molar-refractivity contribution in [1.29, 1.82) is 0 Å². The van der Waals surface area contributed by atoms with Crippen LogP contribution in [-0.2, 0) is 4.79 Å². The Balaban J connectivity index is 1.19. The van der Waals surface area contributed by atoms with Crippen molar-refractivity contribution in [3.05, 3.63) is 94.4 Å². The van der Waals surface area contributed by atoms with Gasteiger partial charge in [0.1, 0.15) is 11.6 Å². The topological polar surface area (TPSA) is 128 Å². The summed E-state index contributed by atoms with van der Waals surface area (Å²) in [5.74, 6) is -0.119. The zero-order valence-corrected chi connectivity index (χ0v) is 21.5. The number of hydrogen-bond donors (Lipinski definition) is 1. The van der Waals surface area contributed by atoms with E-state index < -0.39 is 10.7 Å². The second-order valence-corrected chi connectivity index (χ2v) is 9.36. The number of carbonyl (C=O) groups is 2. The molecule has 1 aliphatic heterocycles. The average molecular weight is 545 g/mol. The summed E-state index contributed by atoms with van der Waals surface area (Å²) in [5.41, 5.74) is 1.79. The van der Waals surface area contributed by atoms with Crippen molar-refractivity contribution in [2.24, 2.45) is 5.92 Å². The van der Waals surface area contributed by atoms with Crippen LogP contribution >= 0.6 is 0 Å². The Morgan fingerprint density at radius 3 is 2.35 bits per heavy atom. The van der Waals surface area contributed by atoms with Gasteiger partial charge in [-0.2, -0.15) is 0 Å². The predicted octanol–water partition coefficient (Wildman–Crippen LogP) is 5.56. The summed E-state index contributed by atoms with van der Waals surface area (Å²) in [4.78, 5) is 37.8. The number of nitro groups is 1. The molecule has 0 spiro atoms. The fourth-order valence-corrected chi connectivity index (χ4v) is 4.60. The number of hydrogen-bond acceptors (Lipinski definition) is 7. The van der Waals surface area contributed by atoms with Gasteiger partial charge in [-0.15, -0.1) is 0 Å². The number of non-ortho nitro benzene ring substituents is 1. The van der Waals surface area contributed by atoms with Gasteiger partial charge in [0, 0.05) is 54.0 Å². The first kappa shape index (κ1) is 26.5. The smallest absolute Gasteiger partial charge is 0.276 e. The molecule has 0 bridgehead atoms. The summed E-state index contributed by atoms with van der Waals surface area (Å²) in [6.45, 7) is 0.816. The van der Waals surface area contributed by atoms with Crippen molar-refractivity contribution in [2.75, 3.05) is 25.5 Å². The maximum Gasteiger partial charge on any atom is 0.276 e. The number of piperidine rings is 1. The maximum atomic E-state index is 14.3. The Labute approximate surface area is 228 Å². The molecule has 0 saturated carbocycles. The van der Waals surface area contributed by atoms with E-state index in [1.54, 1.807) is 60.5 Å².